The number of hydrogen-bond acceptors (Lipinski definition) is 3. The van der Waals surface area contributed by atoms with Gasteiger partial charge in [0.25, 0.3) is 0 Å². The first-order valence-corrected chi connectivity index (χ1v) is 10.5. The third kappa shape index (κ3) is 5.85. The minimum absolute atomic E-state index is 0.538. The van der Waals surface area contributed by atoms with Gasteiger partial charge < -0.3 is 14.8 Å². The van der Waals surface area contributed by atoms with Gasteiger partial charge in [0.15, 0.2) is 11.5 Å². The van der Waals surface area contributed by atoms with Crippen molar-refractivity contribution in [3.8, 4) is 11.5 Å². The summed E-state index contributed by atoms with van der Waals surface area (Å²) in [6, 6.07) is 27.0. The minimum Gasteiger partial charge on any atom is -0.485 e. The molecule has 1 fully saturated rings. The van der Waals surface area contributed by atoms with Gasteiger partial charge in [-0.25, -0.2) is 0 Å². The van der Waals surface area contributed by atoms with Crippen molar-refractivity contribution >= 4 is 0 Å². The summed E-state index contributed by atoms with van der Waals surface area (Å²) >= 11 is 0. The second-order valence-electron chi connectivity index (χ2n) is 7.73. The van der Waals surface area contributed by atoms with Crippen molar-refractivity contribution in [3.63, 3.8) is 0 Å². The molecule has 0 aliphatic carbocycles. The van der Waals surface area contributed by atoms with Crippen LogP contribution in [-0.2, 0) is 19.6 Å². The summed E-state index contributed by atoms with van der Waals surface area (Å²) in [5.74, 6) is 2.38. The maximum absolute atomic E-state index is 6.20. The van der Waals surface area contributed by atoms with Crippen LogP contribution in [0.2, 0.25) is 0 Å². The summed E-state index contributed by atoms with van der Waals surface area (Å²) in [6.45, 7) is 3.33. The van der Waals surface area contributed by atoms with Gasteiger partial charge in [-0.05, 0) is 67.1 Å². The van der Waals surface area contributed by atoms with Crippen molar-refractivity contribution in [2.24, 2.45) is 5.92 Å². The van der Waals surface area contributed by atoms with Crippen molar-refractivity contribution in [3.05, 3.63) is 95.6 Å². The molecule has 3 aromatic carbocycles. The van der Waals surface area contributed by atoms with Gasteiger partial charge in [-0.15, -0.1) is 0 Å². The largest absolute Gasteiger partial charge is 0.485 e. The standard InChI is InChI=1S/C26H29NO2/c1-3-7-22(8-4-1)19-28-25-12-11-24(17-21-13-15-27-16-14-21)18-26(25)29-20-23-9-5-2-6-10-23/h1-12,18,21,27H,13-17,19-20H2. The number of ether oxygens (including phenoxy) is 2. The number of nitrogens with one attached hydrogen (secondary N) is 1. The molecule has 0 saturated carbocycles. The second-order valence-corrected chi connectivity index (χ2v) is 7.73. The van der Waals surface area contributed by atoms with Gasteiger partial charge in [-0.3, -0.25) is 0 Å². The Morgan fingerprint density at radius 1 is 0.655 bits per heavy atom. The van der Waals surface area contributed by atoms with Gasteiger partial charge in [0.05, 0.1) is 0 Å². The van der Waals surface area contributed by atoms with Crippen LogP contribution in [0.1, 0.15) is 29.5 Å². The Bertz CT molecular complexity index is 874. The molecule has 0 aromatic heterocycles. The Kier molecular flexibility index (Phi) is 6.82. The summed E-state index contributed by atoms with van der Waals surface area (Å²) in [6.07, 6.45) is 3.58. The average Bonchev–Trinajstić information content (AvgIpc) is 2.79. The van der Waals surface area contributed by atoms with Crippen LogP contribution in [0.25, 0.3) is 0 Å². The van der Waals surface area contributed by atoms with Gasteiger partial charge >= 0.3 is 0 Å². The van der Waals surface area contributed by atoms with Crippen molar-refractivity contribution in [2.45, 2.75) is 32.5 Å². The highest BCUT2D eigenvalue weighted by Crippen LogP contribution is 2.31. The number of benzene rings is 3. The van der Waals surface area contributed by atoms with E-state index < -0.39 is 0 Å². The van der Waals surface area contributed by atoms with Crippen LogP contribution in [0.3, 0.4) is 0 Å². The van der Waals surface area contributed by atoms with Crippen LogP contribution >= 0.6 is 0 Å². The smallest absolute Gasteiger partial charge is 0.161 e. The Balaban J connectivity index is 1.48. The maximum Gasteiger partial charge on any atom is 0.161 e. The molecule has 4 rings (SSSR count). The lowest BCUT2D eigenvalue weighted by Gasteiger charge is -2.23. The van der Waals surface area contributed by atoms with Crippen molar-refractivity contribution in [2.75, 3.05) is 13.1 Å². The summed E-state index contributed by atoms with van der Waals surface area (Å²) < 4.78 is 12.3. The molecule has 3 aromatic rings. The quantitative estimate of drug-likeness (QED) is 0.562. The first-order valence-electron chi connectivity index (χ1n) is 10.5. The predicted molar refractivity (Wildman–Crippen MR) is 117 cm³/mol. The zero-order chi connectivity index (χ0) is 19.7. The number of hydrogen-bond donors (Lipinski definition) is 1. The zero-order valence-electron chi connectivity index (χ0n) is 16.8. The van der Waals surface area contributed by atoms with Crippen molar-refractivity contribution < 1.29 is 9.47 Å². The molecule has 0 radical (unpaired) electrons. The molecule has 0 unspecified atom stereocenters. The molecule has 150 valence electrons. The van der Waals surface area contributed by atoms with E-state index in [4.69, 9.17) is 9.47 Å². The first kappa shape index (κ1) is 19.5. The van der Waals surface area contributed by atoms with E-state index in [2.05, 4.69) is 47.8 Å². The van der Waals surface area contributed by atoms with Gasteiger partial charge in [-0.1, -0.05) is 66.7 Å². The fourth-order valence-electron chi connectivity index (χ4n) is 3.80. The molecule has 29 heavy (non-hydrogen) atoms. The molecular formula is C26H29NO2. The van der Waals surface area contributed by atoms with Gasteiger partial charge in [0.2, 0.25) is 0 Å². The number of rotatable bonds is 8. The third-order valence-electron chi connectivity index (χ3n) is 5.47. The fourth-order valence-corrected chi connectivity index (χ4v) is 3.80. The molecular weight excluding hydrogens is 358 g/mol. The van der Waals surface area contributed by atoms with E-state index in [0.29, 0.717) is 13.2 Å². The maximum atomic E-state index is 6.20. The fraction of sp³-hybridized carbons (Fsp3) is 0.308. The molecule has 0 amide bonds. The van der Waals surface area contributed by atoms with Crippen LogP contribution in [0.15, 0.2) is 78.9 Å². The van der Waals surface area contributed by atoms with Gasteiger partial charge in [0, 0.05) is 0 Å². The van der Waals surface area contributed by atoms with E-state index in [-0.39, 0.29) is 0 Å². The Morgan fingerprint density at radius 2 is 1.24 bits per heavy atom. The Morgan fingerprint density at radius 3 is 1.86 bits per heavy atom. The Hall–Kier alpha value is -2.78. The van der Waals surface area contributed by atoms with Crippen molar-refractivity contribution in [1.29, 1.82) is 0 Å². The lowest BCUT2D eigenvalue weighted by molar-refractivity contribution is 0.255. The molecule has 1 N–H and O–H groups in total. The zero-order valence-corrected chi connectivity index (χ0v) is 16.8. The number of piperidine rings is 1. The lowest BCUT2D eigenvalue weighted by atomic mass is 9.91. The Labute approximate surface area is 173 Å². The van der Waals surface area contributed by atoms with E-state index >= 15 is 0 Å². The molecule has 1 aliphatic rings. The third-order valence-corrected chi connectivity index (χ3v) is 5.47. The van der Waals surface area contributed by atoms with Crippen LogP contribution in [0.4, 0.5) is 0 Å². The molecule has 0 spiro atoms. The highest BCUT2D eigenvalue weighted by atomic mass is 16.5. The van der Waals surface area contributed by atoms with E-state index in [9.17, 15) is 0 Å². The van der Waals surface area contributed by atoms with Crippen LogP contribution in [0.5, 0.6) is 11.5 Å². The van der Waals surface area contributed by atoms with E-state index in [1.54, 1.807) is 0 Å². The molecule has 1 heterocycles. The van der Waals surface area contributed by atoms with Crippen LogP contribution in [-0.4, -0.2) is 13.1 Å². The highest BCUT2D eigenvalue weighted by Gasteiger charge is 2.15. The molecule has 1 saturated heterocycles. The normalized spacial score (nSPS) is 14.5. The summed E-state index contributed by atoms with van der Waals surface area (Å²) in [4.78, 5) is 0. The minimum atomic E-state index is 0.538. The summed E-state index contributed by atoms with van der Waals surface area (Å²) in [5.41, 5.74) is 3.64. The molecule has 0 atom stereocenters. The van der Waals surface area contributed by atoms with Gasteiger partial charge in [-0.2, -0.15) is 0 Å². The molecule has 1 aliphatic heterocycles. The van der Waals surface area contributed by atoms with Crippen molar-refractivity contribution in [1.82, 2.24) is 5.32 Å². The topological polar surface area (TPSA) is 30.5 Å². The molecule has 0 bridgehead atoms. The first-order chi connectivity index (χ1) is 14.4. The van der Waals surface area contributed by atoms with Gasteiger partial charge in [0.1, 0.15) is 13.2 Å². The summed E-state index contributed by atoms with van der Waals surface area (Å²) in [5, 5.41) is 3.45. The van der Waals surface area contributed by atoms with E-state index in [0.717, 1.165) is 48.1 Å². The predicted octanol–water partition coefficient (Wildman–Crippen LogP) is 5.39. The monoisotopic (exact) mass is 387 g/mol. The van der Waals surface area contributed by atoms with Crippen LogP contribution < -0.4 is 14.8 Å². The molecule has 3 nitrogen and oxygen atoms in total. The van der Waals surface area contributed by atoms with Crippen LogP contribution in [0, 0.1) is 5.92 Å². The molecule has 3 heteroatoms. The average molecular weight is 388 g/mol. The lowest BCUT2D eigenvalue weighted by Crippen LogP contribution is -2.28. The highest BCUT2D eigenvalue weighted by molar-refractivity contribution is 5.43. The van der Waals surface area contributed by atoms with E-state index in [1.807, 2.05) is 36.4 Å². The second kappa shape index (κ2) is 10.1. The SMILES string of the molecule is c1ccc(COc2ccc(CC3CCNCC3)cc2OCc2ccccc2)cc1. The van der Waals surface area contributed by atoms with E-state index in [1.165, 1.54) is 18.4 Å². The summed E-state index contributed by atoms with van der Waals surface area (Å²) in [7, 11) is 0.